The SMILES string of the molecule is COc1cc(N2CC=Cc3ccccc32)ccc1C(=O)N1CCN(C(=O)c2c(F)cccc2F)CC1. The van der Waals surface area contributed by atoms with Gasteiger partial charge in [-0.2, -0.15) is 0 Å². The van der Waals surface area contributed by atoms with Gasteiger partial charge in [0.15, 0.2) is 0 Å². The van der Waals surface area contributed by atoms with Crippen molar-refractivity contribution in [3.05, 3.63) is 95.1 Å². The van der Waals surface area contributed by atoms with Gasteiger partial charge in [-0.05, 0) is 35.9 Å². The molecule has 3 aromatic rings. The van der Waals surface area contributed by atoms with Gasteiger partial charge in [-0.3, -0.25) is 9.59 Å². The molecule has 0 unspecified atom stereocenters. The summed E-state index contributed by atoms with van der Waals surface area (Å²) in [5.74, 6) is -2.27. The van der Waals surface area contributed by atoms with Crippen molar-refractivity contribution in [3.63, 3.8) is 0 Å². The molecule has 2 heterocycles. The van der Waals surface area contributed by atoms with E-state index in [1.807, 2.05) is 24.3 Å². The maximum absolute atomic E-state index is 14.0. The van der Waals surface area contributed by atoms with Gasteiger partial charge in [-0.1, -0.05) is 36.4 Å². The summed E-state index contributed by atoms with van der Waals surface area (Å²) in [5.41, 5.74) is 2.95. The summed E-state index contributed by atoms with van der Waals surface area (Å²) in [6, 6.07) is 16.9. The molecule has 2 aliphatic rings. The standard InChI is InChI=1S/C28H25F2N3O3/c1-36-25-18-20(33-13-5-7-19-6-2-3-10-24(19)33)11-12-21(25)27(34)31-14-16-32(17-15-31)28(35)26-22(29)8-4-9-23(26)30/h2-12,18H,13-17H2,1H3. The maximum Gasteiger partial charge on any atom is 0.259 e. The number of nitrogens with zero attached hydrogens (tertiary/aromatic N) is 3. The van der Waals surface area contributed by atoms with Crippen LogP contribution in [0.5, 0.6) is 5.75 Å². The molecule has 1 saturated heterocycles. The minimum absolute atomic E-state index is 0.176. The molecule has 3 aromatic carbocycles. The molecular weight excluding hydrogens is 464 g/mol. The Morgan fingerprint density at radius 1 is 0.833 bits per heavy atom. The van der Waals surface area contributed by atoms with Crippen molar-refractivity contribution in [1.82, 2.24) is 9.80 Å². The van der Waals surface area contributed by atoms with Crippen LogP contribution < -0.4 is 9.64 Å². The van der Waals surface area contributed by atoms with Gasteiger partial charge in [0, 0.05) is 50.2 Å². The predicted octanol–water partition coefficient (Wildman–Crippen LogP) is 4.74. The topological polar surface area (TPSA) is 53.1 Å². The van der Waals surface area contributed by atoms with Gasteiger partial charge in [0.1, 0.15) is 22.9 Å². The lowest BCUT2D eigenvalue weighted by Gasteiger charge is -2.35. The highest BCUT2D eigenvalue weighted by Crippen LogP contribution is 2.35. The molecule has 1 fully saturated rings. The second-order valence-corrected chi connectivity index (χ2v) is 8.64. The predicted molar refractivity (Wildman–Crippen MR) is 134 cm³/mol. The van der Waals surface area contributed by atoms with E-state index in [0.717, 1.165) is 29.1 Å². The minimum atomic E-state index is -0.893. The highest BCUT2D eigenvalue weighted by atomic mass is 19.1. The number of halogens is 2. The molecule has 0 spiro atoms. The first kappa shape index (κ1) is 23.5. The zero-order valence-electron chi connectivity index (χ0n) is 19.8. The van der Waals surface area contributed by atoms with Crippen LogP contribution in [0.15, 0.2) is 66.7 Å². The van der Waals surface area contributed by atoms with E-state index in [1.54, 1.807) is 11.0 Å². The molecule has 6 nitrogen and oxygen atoms in total. The highest BCUT2D eigenvalue weighted by Gasteiger charge is 2.30. The second kappa shape index (κ2) is 9.81. The highest BCUT2D eigenvalue weighted by molar-refractivity contribution is 5.98. The van der Waals surface area contributed by atoms with E-state index in [-0.39, 0.29) is 32.1 Å². The molecular formula is C28H25F2N3O3. The third-order valence-electron chi connectivity index (χ3n) is 6.57. The van der Waals surface area contributed by atoms with Gasteiger partial charge in [-0.15, -0.1) is 0 Å². The Labute approximate surface area is 208 Å². The van der Waals surface area contributed by atoms with E-state index >= 15 is 0 Å². The summed E-state index contributed by atoms with van der Waals surface area (Å²) in [6.45, 7) is 1.54. The summed E-state index contributed by atoms with van der Waals surface area (Å²) < 4.78 is 33.7. The van der Waals surface area contributed by atoms with Crippen LogP contribution in [0.1, 0.15) is 26.3 Å². The Balaban J connectivity index is 1.31. The average molecular weight is 490 g/mol. The van der Waals surface area contributed by atoms with Crippen molar-refractivity contribution in [2.45, 2.75) is 0 Å². The van der Waals surface area contributed by atoms with Crippen LogP contribution in [-0.2, 0) is 0 Å². The molecule has 8 heteroatoms. The lowest BCUT2D eigenvalue weighted by Crippen LogP contribution is -2.51. The molecule has 0 atom stereocenters. The maximum atomic E-state index is 14.0. The minimum Gasteiger partial charge on any atom is -0.496 e. The number of carbonyl (C=O) groups excluding carboxylic acids is 2. The van der Waals surface area contributed by atoms with E-state index in [4.69, 9.17) is 4.74 Å². The summed E-state index contributed by atoms with van der Waals surface area (Å²) >= 11 is 0. The Bertz CT molecular complexity index is 1330. The summed E-state index contributed by atoms with van der Waals surface area (Å²) in [4.78, 5) is 31.1. The third-order valence-corrected chi connectivity index (χ3v) is 6.57. The third kappa shape index (κ3) is 4.30. The average Bonchev–Trinajstić information content (AvgIpc) is 2.92. The molecule has 184 valence electrons. The molecule has 0 saturated carbocycles. The number of hydrogen-bond donors (Lipinski definition) is 0. The smallest absolute Gasteiger partial charge is 0.259 e. The molecule has 0 N–H and O–H groups in total. The van der Waals surface area contributed by atoms with Crippen LogP contribution in [0.3, 0.4) is 0 Å². The second-order valence-electron chi connectivity index (χ2n) is 8.64. The van der Waals surface area contributed by atoms with Crippen LogP contribution in [0, 0.1) is 11.6 Å². The number of anilines is 2. The van der Waals surface area contributed by atoms with Gasteiger partial charge in [0.05, 0.1) is 12.7 Å². The van der Waals surface area contributed by atoms with E-state index in [0.29, 0.717) is 17.9 Å². The van der Waals surface area contributed by atoms with Crippen molar-refractivity contribution < 1.29 is 23.1 Å². The van der Waals surface area contributed by atoms with Crippen molar-refractivity contribution in [3.8, 4) is 5.75 Å². The van der Waals surface area contributed by atoms with Gasteiger partial charge in [-0.25, -0.2) is 8.78 Å². The molecule has 0 radical (unpaired) electrons. The van der Waals surface area contributed by atoms with E-state index in [2.05, 4.69) is 29.2 Å². The van der Waals surface area contributed by atoms with Gasteiger partial charge in [0.2, 0.25) is 0 Å². The van der Waals surface area contributed by atoms with E-state index in [9.17, 15) is 18.4 Å². The van der Waals surface area contributed by atoms with Crippen LogP contribution in [0.25, 0.3) is 6.08 Å². The van der Waals surface area contributed by atoms with Crippen molar-refractivity contribution in [2.75, 3.05) is 44.7 Å². The molecule has 2 amide bonds. The molecule has 0 aromatic heterocycles. The fourth-order valence-corrected chi connectivity index (χ4v) is 4.67. The number of hydrogen-bond acceptors (Lipinski definition) is 4. The lowest BCUT2D eigenvalue weighted by molar-refractivity contribution is 0.0528. The van der Waals surface area contributed by atoms with E-state index in [1.165, 1.54) is 18.1 Å². The number of carbonyl (C=O) groups is 2. The first-order chi connectivity index (χ1) is 17.5. The largest absolute Gasteiger partial charge is 0.496 e. The summed E-state index contributed by atoms with van der Waals surface area (Å²) in [5, 5.41) is 0. The van der Waals surface area contributed by atoms with E-state index < -0.39 is 23.1 Å². The van der Waals surface area contributed by atoms with Gasteiger partial charge >= 0.3 is 0 Å². The van der Waals surface area contributed by atoms with Crippen LogP contribution >= 0.6 is 0 Å². The molecule has 2 aliphatic heterocycles. The zero-order chi connectivity index (χ0) is 25.2. The Morgan fingerprint density at radius 3 is 2.19 bits per heavy atom. The van der Waals surface area contributed by atoms with Gasteiger partial charge < -0.3 is 19.4 Å². The first-order valence-electron chi connectivity index (χ1n) is 11.7. The number of methoxy groups -OCH3 is 1. The number of piperazine rings is 1. The van der Waals surface area contributed by atoms with Crippen molar-refractivity contribution in [1.29, 1.82) is 0 Å². The monoisotopic (exact) mass is 489 g/mol. The molecule has 5 rings (SSSR count). The zero-order valence-corrected chi connectivity index (χ0v) is 19.8. The first-order valence-corrected chi connectivity index (χ1v) is 11.7. The fraction of sp³-hybridized carbons (Fsp3) is 0.214. The Morgan fingerprint density at radius 2 is 1.50 bits per heavy atom. The number of rotatable bonds is 4. The van der Waals surface area contributed by atoms with Crippen molar-refractivity contribution >= 4 is 29.3 Å². The van der Waals surface area contributed by atoms with Crippen molar-refractivity contribution in [2.24, 2.45) is 0 Å². The number of para-hydroxylation sites is 1. The molecule has 0 aliphatic carbocycles. The number of benzene rings is 3. The van der Waals surface area contributed by atoms with Crippen LogP contribution in [0.4, 0.5) is 20.2 Å². The normalized spacial score (nSPS) is 15.0. The summed E-state index contributed by atoms with van der Waals surface area (Å²) in [6.07, 6.45) is 4.17. The molecule has 36 heavy (non-hydrogen) atoms. The Hall–Kier alpha value is -4.20. The van der Waals surface area contributed by atoms with Crippen LogP contribution in [-0.4, -0.2) is 61.4 Å². The fourth-order valence-electron chi connectivity index (χ4n) is 4.67. The summed E-state index contributed by atoms with van der Waals surface area (Å²) in [7, 11) is 1.53. The van der Waals surface area contributed by atoms with Crippen LogP contribution in [0.2, 0.25) is 0 Å². The number of fused-ring (bicyclic) bond motifs is 1. The number of ether oxygens (including phenoxy) is 1. The van der Waals surface area contributed by atoms with Gasteiger partial charge in [0.25, 0.3) is 11.8 Å². The number of amides is 2. The lowest BCUT2D eigenvalue weighted by atomic mass is 10.1. The quantitative estimate of drug-likeness (QED) is 0.532. The Kier molecular flexibility index (Phi) is 6.41. The molecule has 0 bridgehead atoms.